The second-order valence-electron chi connectivity index (χ2n) is 8.12. The van der Waals surface area contributed by atoms with Crippen molar-refractivity contribution in [3.05, 3.63) is 24.0 Å². The molecule has 3 nitrogen and oxygen atoms in total. The summed E-state index contributed by atoms with van der Waals surface area (Å²) in [6, 6.07) is 6.35. The van der Waals surface area contributed by atoms with Crippen LogP contribution in [0.25, 0.3) is 11.0 Å². The van der Waals surface area contributed by atoms with Crippen LogP contribution in [-0.4, -0.2) is 16.6 Å². The SMILES string of the molecule is CC(C)C.CCCC.CCn1c(C(C)(C)C)nc2cc(NC)ccc21. The molecule has 1 heterocycles. The maximum absolute atomic E-state index is 4.79. The van der Waals surface area contributed by atoms with E-state index in [2.05, 4.69) is 90.4 Å². The quantitative estimate of drug-likeness (QED) is 0.657. The van der Waals surface area contributed by atoms with E-state index in [1.165, 1.54) is 18.4 Å². The fourth-order valence-electron chi connectivity index (χ4n) is 2.18. The molecule has 0 aliphatic rings. The molecule has 3 heteroatoms. The Morgan fingerprint density at radius 3 is 1.92 bits per heavy atom. The third-order valence-corrected chi connectivity index (χ3v) is 3.52. The third-order valence-electron chi connectivity index (χ3n) is 3.52. The van der Waals surface area contributed by atoms with Gasteiger partial charge in [0.05, 0.1) is 11.0 Å². The number of unbranched alkanes of at least 4 members (excludes halogenated alkanes) is 1. The lowest BCUT2D eigenvalue weighted by molar-refractivity contribution is 0.512. The number of hydrogen-bond acceptors (Lipinski definition) is 2. The highest BCUT2D eigenvalue weighted by Gasteiger charge is 2.22. The van der Waals surface area contributed by atoms with Crippen molar-refractivity contribution in [2.45, 2.75) is 87.1 Å². The average molecular weight is 348 g/mol. The Hall–Kier alpha value is -1.51. The zero-order valence-corrected chi connectivity index (χ0v) is 18.3. The van der Waals surface area contributed by atoms with Crippen molar-refractivity contribution in [2.75, 3.05) is 12.4 Å². The molecule has 144 valence electrons. The highest BCUT2D eigenvalue weighted by molar-refractivity contribution is 5.80. The van der Waals surface area contributed by atoms with Gasteiger partial charge in [0, 0.05) is 24.7 Å². The predicted molar refractivity (Wildman–Crippen MR) is 115 cm³/mol. The Bertz CT molecular complexity index is 599. The lowest BCUT2D eigenvalue weighted by Crippen LogP contribution is -2.18. The second-order valence-corrected chi connectivity index (χ2v) is 8.12. The molecule has 1 aromatic carbocycles. The highest BCUT2D eigenvalue weighted by Crippen LogP contribution is 2.27. The number of hydrogen-bond donors (Lipinski definition) is 1. The molecule has 1 aromatic heterocycles. The van der Waals surface area contributed by atoms with Crippen LogP contribution in [-0.2, 0) is 12.0 Å². The van der Waals surface area contributed by atoms with E-state index < -0.39 is 0 Å². The summed E-state index contributed by atoms with van der Waals surface area (Å²) < 4.78 is 2.30. The van der Waals surface area contributed by atoms with Crippen LogP contribution in [0.3, 0.4) is 0 Å². The standard InChI is InChI=1S/C14H21N3.2C4H10/c1-6-17-12-8-7-10(15-5)9-11(12)16-13(17)14(2,3)4;1-4(2)3;1-3-4-2/h7-9,15H,6H2,1-5H3;4H,1-3H3;3-4H2,1-2H3. The Morgan fingerprint density at radius 2 is 1.56 bits per heavy atom. The van der Waals surface area contributed by atoms with Crippen LogP contribution in [0.2, 0.25) is 0 Å². The minimum Gasteiger partial charge on any atom is -0.388 e. The Labute approximate surface area is 156 Å². The van der Waals surface area contributed by atoms with E-state index in [1.54, 1.807) is 0 Å². The summed E-state index contributed by atoms with van der Waals surface area (Å²) in [4.78, 5) is 4.79. The van der Waals surface area contributed by atoms with Gasteiger partial charge in [0.1, 0.15) is 5.82 Å². The number of nitrogens with one attached hydrogen (secondary N) is 1. The van der Waals surface area contributed by atoms with Gasteiger partial charge < -0.3 is 9.88 Å². The van der Waals surface area contributed by atoms with Crippen LogP contribution in [0, 0.1) is 5.92 Å². The van der Waals surface area contributed by atoms with E-state index in [0.29, 0.717) is 0 Å². The largest absolute Gasteiger partial charge is 0.388 e. The van der Waals surface area contributed by atoms with E-state index in [-0.39, 0.29) is 5.41 Å². The molecule has 2 aromatic rings. The zero-order chi connectivity index (χ0) is 19.6. The number of fused-ring (bicyclic) bond motifs is 1. The molecule has 0 spiro atoms. The van der Waals surface area contributed by atoms with E-state index in [9.17, 15) is 0 Å². The van der Waals surface area contributed by atoms with Gasteiger partial charge in [-0.25, -0.2) is 4.98 Å². The Kier molecular flexibility index (Phi) is 10.5. The fraction of sp³-hybridized carbons (Fsp3) is 0.682. The van der Waals surface area contributed by atoms with Crippen molar-refractivity contribution in [2.24, 2.45) is 5.92 Å². The number of benzene rings is 1. The third kappa shape index (κ3) is 7.94. The maximum atomic E-state index is 4.79. The topological polar surface area (TPSA) is 29.9 Å². The first-order valence-corrected chi connectivity index (χ1v) is 9.80. The minimum absolute atomic E-state index is 0.0782. The number of imidazole rings is 1. The fourth-order valence-corrected chi connectivity index (χ4v) is 2.18. The minimum atomic E-state index is 0.0782. The summed E-state index contributed by atoms with van der Waals surface area (Å²) in [5.41, 5.74) is 3.48. The van der Waals surface area contributed by atoms with Crippen LogP contribution in [0.15, 0.2) is 18.2 Å². The summed E-state index contributed by atoms with van der Waals surface area (Å²) in [5.74, 6) is 1.99. The Morgan fingerprint density at radius 1 is 1.04 bits per heavy atom. The number of anilines is 1. The molecule has 0 aliphatic carbocycles. The maximum Gasteiger partial charge on any atom is 0.115 e. The van der Waals surface area contributed by atoms with Crippen molar-refractivity contribution in [1.82, 2.24) is 9.55 Å². The molecule has 0 saturated heterocycles. The molecule has 0 saturated carbocycles. The smallest absolute Gasteiger partial charge is 0.115 e. The molecule has 25 heavy (non-hydrogen) atoms. The molecule has 1 N–H and O–H groups in total. The van der Waals surface area contributed by atoms with Crippen LogP contribution in [0.1, 0.15) is 81.0 Å². The molecule has 0 radical (unpaired) electrons. The van der Waals surface area contributed by atoms with Gasteiger partial charge in [-0.15, -0.1) is 0 Å². The molecular formula is C22H41N3. The van der Waals surface area contributed by atoms with E-state index in [1.807, 2.05) is 7.05 Å². The zero-order valence-electron chi connectivity index (χ0n) is 18.3. The summed E-state index contributed by atoms with van der Waals surface area (Å²) >= 11 is 0. The van der Waals surface area contributed by atoms with E-state index in [0.717, 1.165) is 29.5 Å². The van der Waals surface area contributed by atoms with Crippen molar-refractivity contribution in [3.63, 3.8) is 0 Å². The molecule has 0 aliphatic heterocycles. The first kappa shape index (κ1) is 23.5. The summed E-state index contributed by atoms with van der Waals surface area (Å²) in [7, 11) is 1.93. The molecular weight excluding hydrogens is 306 g/mol. The lowest BCUT2D eigenvalue weighted by atomic mass is 9.96. The van der Waals surface area contributed by atoms with Crippen molar-refractivity contribution >= 4 is 16.7 Å². The number of rotatable bonds is 3. The average Bonchev–Trinajstić information content (AvgIpc) is 2.92. The normalized spacial score (nSPS) is 10.8. The van der Waals surface area contributed by atoms with Crippen molar-refractivity contribution < 1.29 is 0 Å². The summed E-state index contributed by atoms with van der Waals surface area (Å²) in [5, 5.41) is 3.16. The van der Waals surface area contributed by atoms with Crippen LogP contribution >= 0.6 is 0 Å². The van der Waals surface area contributed by atoms with Gasteiger partial charge in [0.15, 0.2) is 0 Å². The van der Waals surface area contributed by atoms with Crippen molar-refractivity contribution in [1.29, 1.82) is 0 Å². The van der Waals surface area contributed by atoms with Gasteiger partial charge >= 0.3 is 0 Å². The summed E-state index contributed by atoms with van der Waals surface area (Å²) in [6.07, 6.45) is 2.64. The van der Waals surface area contributed by atoms with Gasteiger partial charge in [0.25, 0.3) is 0 Å². The molecule has 0 unspecified atom stereocenters. The first-order valence-electron chi connectivity index (χ1n) is 9.80. The molecule has 0 atom stereocenters. The van der Waals surface area contributed by atoms with E-state index in [4.69, 9.17) is 4.98 Å². The highest BCUT2D eigenvalue weighted by atomic mass is 15.1. The van der Waals surface area contributed by atoms with E-state index >= 15 is 0 Å². The molecule has 0 fully saturated rings. The predicted octanol–water partition coefficient (Wildman–Crippen LogP) is 6.86. The summed E-state index contributed by atoms with van der Waals surface area (Å²) in [6.45, 7) is 20.6. The van der Waals surface area contributed by atoms with Crippen LogP contribution < -0.4 is 5.32 Å². The molecule has 0 amide bonds. The first-order chi connectivity index (χ1) is 11.6. The Balaban J connectivity index is 0.000000609. The number of nitrogens with zero attached hydrogens (tertiary/aromatic N) is 2. The number of aryl methyl sites for hydroxylation is 1. The van der Waals surface area contributed by atoms with Gasteiger partial charge in [-0.05, 0) is 31.0 Å². The van der Waals surface area contributed by atoms with Crippen LogP contribution in [0.5, 0.6) is 0 Å². The monoisotopic (exact) mass is 347 g/mol. The van der Waals surface area contributed by atoms with Gasteiger partial charge in [-0.2, -0.15) is 0 Å². The van der Waals surface area contributed by atoms with Gasteiger partial charge in [-0.1, -0.05) is 68.2 Å². The molecule has 0 bridgehead atoms. The van der Waals surface area contributed by atoms with Crippen molar-refractivity contribution in [3.8, 4) is 0 Å². The van der Waals surface area contributed by atoms with Crippen LogP contribution in [0.4, 0.5) is 5.69 Å². The van der Waals surface area contributed by atoms with Gasteiger partial charge in [-0.3, -0.25) is 0 Å². The second kappa shape index (κ2) is 11.2. The lowest BCUT2D eigenvalue weighted by Gasteiger charge is -2.19. The molecule has 2 rings (SSSR count). The van der Waals surface area contributed by atoms with Gasteiger partial charge in [0.2, 0.25) is 0 Å². The number of aromatic nitrogens is 2.